The number of ether oxygens (including phenoxy) is 2. The van der Waals surface area contributed by atoms with Crippen LogP contribution in [0.4, 0.5) is 13.2 Å². The van der Waals surface area contributed by atoms with Crippen molar-refractivity contribution in [1.82, 2.24) is 0 Å². The molecule has 0 amide bonds. The second-order valence-electron chi connectivity index (χ2n) is 6.07. The SMILES string of the molecule is CCC1(C(F)(F)F)C=Cc2ccc(Cc3ccc(OC)cc3)cc2O1. The van der Waals surface area contributed by atoms with Crippen LogP contribution in [0.3, 0.4) is 0 Å². The predicted molar refractivity (Wildman–Crippen MR) is 91.0 cm³/mol. The van der Waals surface area contributed by atoms with E-state index in [0.29, 0.717) is 12.0 Å². The molecule has 5 heteroatoms. The van der Waals surface area contributed by atoms with Crippen LogP contribution < -0.4 is 9.47 Å². The van der Waals surface area contributed by atoms with Crippen molar-refractivity contribution in [3.05, 3.63) is 65.2 Å². The molecule has 25 heavy (non-hydrogen) atoms. The fourth-order valence-electron chi connectivity index (χ4n) is 2.89. The van der Waals surface area contributed by atoms with E-state index in [1.807, 2.05) is 30.3 Å². The first-order valence-electron chi connectivity index (χ1n) is 8.08. The van der Waals surface area contributed by atoms with Gasteiger partial charge in [0.05, 0.1) is 7.11 Å². The highest BCUT2D eigenvalue weighted by molar-refractivity contribution is 5.62. The minimum atomic E-state index is -4.46. The van der Waals surface area contributed by atoms with Gasteiger partial charge in [-0.1, -0.05) is 37.3 Å². The van der Waals surface area contributed by atoms with E-state index in [0.717, 1.165) is 23.0 Å². The van der Waals surface area contributed by atoms with Gasteiger partial charge in [-0.2, -0.15) is 13.2 Å². The van der Waals surface area contributed by atoms with Gasteiger partial charge < -0.3 is 9.47 Å². The lowest BCUT2D eigenvalue weighted by atomic mass is 9.93. The predicted octanol–water partition coefficient (Wildman–Crippen LogP) is 5.40. The van der Waals surface area contributed by atoms with Gasteiger partial charge in [0.2, 0.25) is 5.60 Å². The van der Waals surface area contributed by atoms with E-state index in [1.165, 1.54) is 13.0 Å². The van der Waals surface area contributed by atoms with Crippen molar-refractivity contribution >= 4 is 6.08 Å². The normalized spacial score (nSPS) is 19.2. The summed E-state index contributed by atoms with van der Waals surface area (Å²) in [7, 11) is 1.60. The van der Waals surface area contributed by atoms with Crippen LogP contribution in [-0.4, -0.2) is 18.9 Å². The van der Waals surface area contributed by atoms with Gasteiger partial charge >= 0.3 is 6.18 Å². The monoisotopic (exact) mass is 348 g/mol. The van der Waals surface area contributed by atoms with Gasteiger partial charge in [0, 0.05) is 5.56 Å². The first-order chi connectivity index (χ1) is 11.9. The molecule has 0 fully saturated rings. The van der Waals surface area contributed by atoms with E-state index in [1.54, 1.807) is 19.2 Å². The number of alkyl halides is 3. The number of hydrogen-bond acceptors (Lipinski definition) is 2. The zero-order valence-electron chi connectivity index (χ0n) is 14.1. The second kappa shape index (κ2) is 6.47. The molecular weight excluding hydrogens is 329 g/mol. The molecule has 0 spiro atoms. The maximum Gasteiger partial charge on any atom is 0.432 e. The Kier molecular flexibility index (Phi) is 4.50. The van der Waals surface area contributed by atoms with Crippen molar-refractivity contribution in [3.8, 4) is 11.5 Å². The molecular formula is C20H19F3O2. The van der Waals surface area contributed by atoms with Crippen molar-refractivity contribution in [3.63, 3.8) is 0 Å². The van der Waals surface area contributed by atoms with Crippen molar-refractivity contribution in [2.24, 2.45) is 0 Å². The van der Waals surface area contributed by atoms with Crippen LogP contribution in [0.25, 0.3) is 6.08 Å². The Bertz CT molecular complexity index is 779. The molecule has 1 aliphatic heterocycles. The fraction of sp³-hybridized carbons (Fsp3) is 0.300. The molecule has 3 rings (SSSR count). The van der Waals surface area contributed by atoms with Gasteiger partial charge in [0.1, 0.15) is 11.5 Å². The molecule has 2 nitrogen and oxygen atoms in total. The molecule has 1 atom stereocenters. The van der Waals surface area contributed by atoms with Crippen LogP contribution in [0.5, 0.6) is 11.5 Å². The molecule has 0 N–H and O–H groups in total. The summed E-state index contributed by atoms with van der Waals surface area (Å²) in [5.41, 5.74) is 0.349. The Morgan fingerprint density at radius 1 is 1.04 bits per heavy atom. The summed E-state index contributed by atoms with van der Waals surface area (Å²) in [6, 6.07) is 13.0. The van der Waals surface area contributed by atoms with Gasteiger partial charge in [-0.25, -0.2) is 0 Å². The van der Waals surface area contributed by atoms with Crippen LogP contribution in [0.2, 0.25) is 0 Å². The Morgan fingerprint density at radius 3 is 2.32 bits per heavy atom. The largest absolute Gasteiger partial charge is 0.497 e. The minimum Gasteiger partial charge on any atom is -0.497 e. The van der Waals surface area contributed by atoms with Gasteiger partial charge in [0.15, 0.2) is 0 Å². The number of halogens is 3. The smallest absolute Gasteiger partial charge is 0.432 e. The molecule has 0 aliphatic carbocycles. The Labute approximate surface area is 144 Å². The molecule has 1 heterocycles. The quantitative estimate of drug-likeness (QED) is 0.736. The number of fused-ring (bicyclic) bond motifs is 1. The van der Waals surface area contributed by atoms with Crippen LogP contribution in [0.1, 0.15) is 30.0 Å². The molecule has 0 radical (unpaired) electrons. The summed E-state index contributed by atoms with van der Waals surface area (Å²) < 4.78 is 50.8. The molecule has 1 unspecified atom stereocenters. The zero-order valence-corrected chi connectivity index (χ0v) is 14.1. The Hall–Kier alpha value is -2.43. The molecule has 0 saturated carbocycles. The van der Waals surface area contributed by atoms with E-state index in [2.05, 4.69) is 0 Å². The van der Waals surface area contributed by atoms with E-state index >= 15 is 0 Å². The summed E-state index contributed by atoms with van der Waals surface area (Å²) in [4.78, 5) is 0. The maximum atomic E-state index is 13.4. The molecule has 0 bridgehead atoms. The Balaban J connectivity index is 1.86. The number of benzene rings is 2. The van der Waals surface area contributed by atoms with Gasteiger partial charge in [-0.3, -0.25) is 0 Å². The van der Waals surface area contributed by atoms with Gasteiger partial charge in [0.25, 0.3) is 0 Å². The second-order valence-corrected chi connectivity index (χ2v) is 6.07. The molecule has 1 aliphatic rings. The molecule has 132 valence electrons. The third-order valence-electron chi connectivity index (χ3n) is 4.47. The number of methoxy groups -OCH3 is 1. The van der Waals surface area contributed by atoms with E-state index in [9.17, 15) is 13.2 Å². The third kappa shape index (κ3) is 3.36. The third-order valence-corrected chi connectivity index (χ3v) is 4.47. The van der Waals surface area contributed by atoms with Crippen molar-refractivity contribution in [2.75, 3.05) is 7.11 Å². The highest BCUT2D eigenvalue weighted by atomic mass is 19.4. The maximum absolute atomic E-state index is 13.4. The topological polar surface area (TPSA) is 18.5 Å². The average molecular weight is 348 g/mol. The summed E-state index contributed by atoms with van der Waals surface area (Å²) in [5, 5.41) is 0. The minimum absolute atomic E-state index is 0.171. The molecule has 0 saturated heterocycles. The lowest BCUT2D eigenvalue weighted by Gasteiger charge is -2.35. The molecule has 0 aromatic heterocycles. The van der Waals surface area contributed by atoms with Crippen LogP contribution in [-0.2, 0) is 6.42 Å². The summed E-state index contributed by atoms with van der Waals surface area (Å²) in [5.74, 6) is 1.04. The van der Waals surface area contributed by atoms with Crippen molar-refractivity contribution < 1.29 is 22.6 Å². The van der Waals surface area contributed by atoms with Crippen molar-refractivity contribution in [1.29, 1.82) is 0 Å². The average Bonchev–Trinajstić information content (AvgIpc) is 2.60. The zero-order chi connectivity index (χ0) is 18.1. The van der Waals surface area contributed by atoms with E-state index in [4.69, 9.17) is 9.47 Å². The van der Waals surface area contributed by atoms with E-state index in [-0.39, 0.29) is 12.2 Å². The number of hydrogen-bond donors (Lipinski definition) is 0. The molecule has 2 aromatic carbocycles. The van der Waals surface area contributed by atoms with Crippen LogP contribution >= 0.6 is 0 Å². The van der Waals surface area contributed by atoms with Crippen molar-refractivity contribution in [2.45, 2.75) is 31.5 Å². The summed E-state index contributed by atoms with van der Waals surface area (Å²) >= 11 is 0. The molecule has 2 aromatic rings. The fourth-order valence-corrected chi connectivity index (χ4v) is 2.89. The summed E-state index contributed by atoms with van der Waals surface area (Å²) in [6.07, 6.45) is -1.42. The highest BCUT2D eigenvalue weighted by Gasteiger charge is 2.55. The standard InChI is InChI=1S/C20H19F3O2/c1-3-19(20(21,22)23)11-10-16-7-4-15(13-18(16)25-19)12-14-5-8-17(24-2)9-6-14/h4-11,13H,3,12H2,1-2H3. The Morgan fingerprint density at radius 2 is 1.72 bits per heavy atom. The number of rotatable bonds is 4. The summed E-state index contributed by atoms with van der Waals surface area (Å²) in [6.45, 7) is 1.48. The van der Waals surface area contributed by atoms with Crippen LogP contribution in [0, 0.1) is 0 Å². The first kappa shape index (κ1) is 17.4. The highest BCUT2D eigenvalue weighted by Crippen LogP contribution is 2.43. The lowest BCUT2D eigenvalue weighted by molar-refractivity contribution is -0.230. The van der Waals surface area contributed by atoms with Crippen LogP contribution in [0.15, 0.2) is 48.5 Å². The first-order valence-corrected chi connectivity index (χ1v) is 8.08. The lowest BCUT2D eigenvalue weighted by Crippen LogP contribution is -2.49. The van der Waals surface area contributed by atoms with E-state index < -0.39 is 11.8 Å². The van der Waals surface area contributed by atoms with Gasteiger partial charge in [-0.05, 0) is 48.2 Å². The van der Waals surface area contributed by atoms with Gasteiger partial charge in [-0.15, -0.1) is 0 Å².